The zero-order valence-corrected chi connectivity index (χ0v) is 12.7. The zero-order chi connectivity index (χ0) is 15.1. The summed E-state index contributed by atoms with van der Waals surface area (Å²) in [7, 11) is 0. The second-order valence-corrected chi connectivity index (χ2v) is 5.13. The third kappa shape index (κ3) is 4.79. The van der Waals surface area contributed by atoms with Crippen LogP contribution in [0.25, 0.3) is 0 Å². The second-order valence-electron chi connectivity index (χ2n) is 4.72. The third-order valence-corrected chi connectivity index (χ3v) is 3.55. The van der Waals surface area contributed by atoms with Gasteiger partial charge < -0.3 is 15.2 Å². The van der Waals surface area contributed by atoms with E-state index in [1.165, 1.54) is 0 Å². The van der Waals surface area contributed by atoms with Gasteiger partial charge in [0.15, 0.2) is 0 Å². The number of imidazole rings is 1. The minimum atomic E-state index is -0.183. The van der Waals surface area contributed by atoms with Crippen LogP contribution in [0.15, 0.2) is 36.7 Å². The molecule has 1 aromatic carbocycles. The number of benzene rings is 1. The van der Waals surface area contributed by atoms with E-state index < -0.39 is 0 Å². The molecule has 0 saturated carbocycles. The molecule has 0 spiro atoms. The number of carbonyl (C=O) groups excluding carboxylic acids is 1. The first-order valence-electron chi connectivity index (χ1n) is 6.89. The maximum absolute atomic E-state index is 11.7. The summed E-state index contributed by atoms with van der Waals surface area (Å²) in [4.78, 5) is 15.8. The van der Waals surface area contributed by atoms with E-state index in [0.29, 0.717) is 18.1 Å². The third-order valence-electron chi connectivity index (χ3n) is 3.18. The van der Waals surface area contributed by atoms with Crippen molar-refractivity contribution in [2.45, 2.75) is 26.4 Å². The summed E-state index contributed by atoms with van der Waals surface area (Å²) >= 11 is 6.03. The van der Waals surface area contributed by atoms with Gasteiger partial charge in [0.05, 0.1) is 0 Å². The fourth-order valence-corrected chi connectivity index (χ4v) is 2.17. The minimum Gasteiger partial charge on any atom is -0.338 e. The zero-order valence-electron chi connectivity index (χ0n) is 12.0. The smallest absolute Gasteiger partial charge is 0.315 e. The molecule has 2 amide bonds. The molecule has 0 aliphatic heterocycles. The largest absolute Gasteiger partial charge is 0.338 e. The quantitative estimate of drug-likeness (QED) is 0.806. The first-order chi connectivity index (χ1) is 10.2. The number of amides is 2. The Labute approximate surface area is 129 Å². The summed E-state index contributed by atoms with van der Waals surface area (Å²) in [5.41, 5.74) is 0.906. The highest BCUT2D eigenvalue weighted by atomic mass is 35.5. The van der Waals surface area contributed by atoms with Gasteiger partial charge in [0.1, 0.15) is 5.82 Å². The molecule has 0 radical (unpaired) electrons. The lowest BCUT2D eigenvalue weighted by molar-refractivity contribution is 0.240. The average Bonchev–Trinajstić information content (AvgIpc) is 2.88. The molecule has 0 aliphatic rings. The number of nitrogens with one attached hydrogen (secondary N) is 2. The van der Waals surface area contributed by atoms with Gasteiger partial charge >= 0.3 is 6.03 Å². The molecule has 0 fully saturated rings. The molecule has 2 rings (SSSR count). The van der Waals surface area contributed by atoms with Gasteiger partial charge in [-0.3, -0.25) is 0 Å². The van der Waals surface area contributed by atoms with E-state index in [-0.39, 0.29) is 6.03 Å². The van der Waals surface area contributed by atoms with Crippen LogP contribution in [0.1, 0.15) is 17.8 Å². The van der Waals surface area contributed by atoms with Crippen LogP contribution in [0.3, 0.4) is 0 Å². The molecule has 1 aromatic heterocycles. The molecule has 0 atom stereocenters. The number of nitrogens with zero attached hydrogens (tertiary/aromatic N) is 2. The highest BCUT2D eigenvalue weighted by Crippen LogP contribution is 2.14. The molecule has 0 unspecified atom stereocenters. The number of aromatic nitrogens is 2. The molecule has 0 bridgehead atoms. The monoisotopic (exact) mass is 306 g/mol. The van der Waals surface area contributed by atoms with Gasteiger partial charge in [0.2, 0.25) is 0 Å². The van der Waals surface area contributed by atoms with Gasteiger partial charge in [-0.25, -0.2) is 9.78 Å². The van der Waals surface area contributed by atoms with Crippen molar-refractivity contribution in [2.75, 3.05) is 6.54 Å². The Morgan fingerprint density at radius 3 is 2.86 bits per heavy atom. The van der Waals surface area contributed by atoms with Crippen LogP contribution in [0, 0.1) is 6.92 Å². The van der Waals surface area contributed by atoms with Crippen LogP contribution >= 0.6 is 11.6 Å². The number of hydrogen-bond acceptors (Lipinski definition) is 2. The van der Waals surface area contributed by atoms with Crippen LogP contribution in [-0.4, -0.2) is 22.1 Å². The molecule has 5 nitrogen and oxygen atoms in total. The van der Waals surface area contributed by atoms with Crippen LogP contribution in [0.2, 0.25) is 5.02 Å². The number of aryl methyl sites for hydroxylation is 2. The normalized spacial score (nSPS) is 10.4. The van der Waals surface area contributed by atoms with Crippen molar-refractivity contribution >= 4 is 17.6 Å². The SMILES string of the molecule is Cc1nccn1CCCNC(=O)NCc1ccccc1Cl. The molecule has 2 aromatic rings. The molecule has 112 valence electrons. The standard InChI is InChI=1S/C15H19ClN4O/c1-12-17-8-10-20(12)9-4-7-18-15(21)19-11-13-5-2-3-6-14(13)16/h2-3,5-6,8,10H,4,7,9,11H2,1H3,(H2,18,19,21). The number of carbonyl (C=O) groups is 1. The van der Waals surface area contributed by atoms with Gasteiger partial charge in [0.25, 0.3) is 0 Å². The van der Waals surface area contributed by atoms with E-state index in [0.717, 1.165) is 24.4 Å². The van der Waals surface area contributed by atoms with Gasteiger partial charge in [-0.2, -0.15) is 0 Å². The van der Waals surface area contributed by atoms with Crippen LogP contribution in [0.5, 0.6) is 0 Å². The van der Waals surface area contributed by atoms with Gasteiger partial charge in [-0.1, -0.05) is 29.8 Å². The minimum absolute atomic E-state index is 0.183. The lowest BCUT2D eigenvalue weighted by Crippen LogP contribution is -2.35. The Bertz CT molecular complexity index is 597. The molecular weight excluding hydrogens is 288 g/mol. The molecule has 2 N–H and O–H groups in total. The van der Waals surface area contributed by atoms with Crippen LogP contribution in [-0.2, 0) is 13.1 Å². The van der Waals surface area contributed by atoms with Crippen LogP contribution < -0.4 is 10.6 Å². The number of halogens is 1. The van der Waals surface area contributed by atoms with Crippen molar-refractivity contribution in [1.82, 2.24) is 20.2 Å². The second kappa shape index (κ2) is 7.69. The van der Waals surface area contributed by atoms with Gasteiger partial charge in [0, 0.05) is 37.1 Å². The number of hydrogen-bond donors (Lipinski definition) is 2. The highest BCUT2D eigenvalue weighted by Gasteiger charge is 2.03. The highest BCUT2D eigenvalue weighted by molar-refractivity contribution is 6.31. The number of urea groups is 1. The fraction of sp³-hybridized carbons (Fsp3) is 0.333. The van der Waals surface area contributed by atoms with Crippen molar-refractivity contribution in [2.24, 2.45) is 0 Å². The van der Waals surface area contributed by atoms with Crippen molar-refractivity contribution in [1.29, 1.82) is 0 Å². The summed E-state index contributed by atoms with van der Waals surface area (Å²) in [6, 6.07) is 7.28. The average molecular weight is 307 g/mol. The summed E-state index contributed by atoms with van der Waals surface area (Å²) in [6.45, 7) is 3.85. The fourth-order valence-electron chi connectivity index (χ4n) is 1.97. The maximum atomic E-state index is 11.7. The maximum Gasteiger partial charge on any atom is 0.315 e. The molecule has 0 aliphatic carbocycles. The first kappa shape index (κ1) is 15.4. The summed E-state index contributed by atoms with van der Waals surface area (Å²) < 4.78 is 2.06. The summed E-state index contributed by atoms with van der Waals surface area (Å²) in [5.74, 6) is 0.984. The Balaban J connectivity index is 1.64. The van der Waals surface area contributed by atoms with Crippen molar-refractivity contribution < 1.29 is 4.79 Å². The van der Waals surface area contributed by atoms with Crippen molar-refractivity contribution in [3.63, 3.8) is 0 Å². The predicted octanol–water partition coefficient (Wildman–Crippen LogP) is 2.73. The molecule has 1 heterocycles. The molecule has 0 saturated heterocycles. The van der Waals surface area contributed by atoms with E-state index in [9.17, 15) is 4.79 Å². The Morgan fingerprint density at radius 2 is 2.14 bits per heavy atom. The molecule has 6 heteroatoms. The Hall–Kier alpha value is -2.01. The lowest BCUT2D eigenvalue weighted by atomic mass is 10.2. The number of rotatable bonds is 6. The van der Waals surface area contributed by atoms with Crippen molar-refractivity contribution in [3.8, 4) is 0 Å². The van der Waals surface area contributed by atoms with E-state index in [4.69, 9.17) is 11.6 Å². The summed E-state index contributed by atoms with van der Waals surface area (Å²) in [5, 5.41) is 6.28. The first-order valence-corrected chi connectivity index (χ1v) is 7.27. The van der Waals surface area contributed by atoms with E-state index in [1.807, 2.05) is 37.4 Å². The van der Waals surface area contributed by atoms with E-state index >= 15 is 0 Å². The topological polar surface area (TPSA) is 59.0 Å². The van der Waals surface area contributed by atoms with Gasteiger partial charge in [-0.15, -0.1) is 0 Å². The lowest BCUT2D eigenvalue weighted by Gasteiger charge is -2.09. The molecule has 21 heavy (non-hydrogen) atoms. The van der Waals surface area contributed by atoms with Gasteiger partial charge in [-0.05, 0) is 25.0 Å². The van der Waals surface area contributed by atoms with E-state index in [1.54, 1.807) is 6.20 Å². The predicted molar refractivity (Wildman–Crippen MR) is 83.3 cm³/mol. The molecular formula is C15H19ClN4O. The Morgan fingerprint density at radius 1 is 1.33 bits per heavy atom. The van der Waals surface area contributed by atoms with Crippen LogP contribution in [0.4, 0.5) is 4.79 Å². The summed E-state index contributed by atoms with van der Waals surface area (Å²) in [6.07, 6.45) is 4.57. The van der Waals surface area contributed by atoms with Crippen molar-refractivity contribution in [3.05, 3.63) is 53.1 Å². The van der Waals surface area contributed by atoms with E-state index in [2.05, 4.69) is 20.2 Å². The Kier molecular flexibility index (Phi) is 5.63.